The molecule has 18 heavy (non-hydrogen) atoms. The highest BCUT2D eigenvalue weighted by molar-refractivity contribution is 6.58. The number of halogens is 2. The summed E-state index contributed by atoms with van der Waals surface area (Å²) in [7, 11) is 0. The Labute approximate surface area is 114 Å². The fourth-order valence-electron chi connectivity index (χ4n) is 1.02. The van der Waals surface area contributed by atoms with Crippen LogP contribution in [0, 0.1) is 0 Å². The van der Waals surface area contributed by atoms with Crippen LogP contribution in [-0.2, 0) is 14.3 Å². The predicted octanol–water partition coefficient (Wildman–Crippen LogP) is 2.52. The number of aldehydes is 1. The van der Waals surface area contributed by atoms with Crippen molar-refractivity contribution in [2.45, 2.75) is 6.92 Å². The summed E-state index contributed by atoms with van der Waals surface area (Å²) in [6.07, 6.45) is 0.308. The number of rotatable bonds is 5. The summed E-state index contributed by atoms with van der Waals surface area (Å²) < 4.78 is 4.64. The van der Waals surface area contributed by atoms with Crippen LogP contribution in [0.1, 0.15) is 6.92 Å². The molecule has 96 valence electrons. The molecule has 1 aromatic rings. The molecule has 5 nitrogen and oxygen atoms in total. The van der Waals surface area contributed by atoms with Crippen molar-refractivity contribution in [3.8, 4) is 0 Å². The molecular weight excluding hydrogens is 279 g/mol. The summed E-state index contributed by atoms with van der Waals surface area (Å²) in [6.45, 7) is 1.80. The van der Waals surface area contributed by atoms with Crippen molar-refractivity contribution >= 4 is 46.9 Å². The van der Waals surface area contributed by atoms with Crippen molar-refractivity contribution in [1.82, 2.24) is 0 Å². The standard InChI is InChI=1S/C11H10Cl2N2O3/c1-2-18-11(17)10(6-16)15-14-7-3-4-8(12)9(13)5-7/h3-6,14H,2H2,1H3/b15-10+. The molecule has 0 amide bonds. The number of esters is 1. The summed E-state index contributed by atoms with van der Waals surface area (Å²) in [5.74, 6) is -0.792. The van der Waals surface area contributed by atoms with Gasteiger partial charge in [-0.25, -0.2) is 4.79 Å². The fraction of sp³-hybridized carbons (Fsp3) is 0.182. The highest BCUT2D eigenvalue weighted by Crippen LogP contribution is 2.24. The van der Waals surface area contributed by atoms with Gasteiger partial charge >= 0.3 is 5.97 Å². The lowest BCUT2D eigenvalue weighted by Gasteiger charge is -2.03. The molecule has 0 heterocycles. The Kier molecular flexibility index (Phi) is 5.61. The number of nitrogens with zero attached hydrogens (tertiary/aromatic N) is 1. The lowest BCUT2D eigenvalue weighted by molar-refractivity contribution is -0.135. The number of ether oxygens (including phenoxy) is 1. The maximum atomic E-state index is 11.2. The molecule has 0 spiro atoms. The summed E-state index contributed by atoms with van der Waals surface area (Å²) >= 11 is 11.5. The minimum absolute atomic E-state index is 0.165. The summed E-state index contributed by atoms with van der Waals surface area (Å²) in [5, 5.41) is 4.35. The van der Waals surface area contributed by atoms with Gasteiger partial charge in [0.05, 0.1) is 22.3 Å². The minimum atomic E-state index is -0.792. The fourth-order valence-corrected chi connectivity index (χ4v) is 1.31. The normalized spacial score (nSPS) is 10.9. The number of carbonyl (C=O) groups is 2. The third-order valence-corrected chi connectivity index (χ3v) is 2.56. The first-order valence-electron chi connectivity index (χ1n) is 4.99. The Balaban J connectivity index is 2.79. The smallest absolute Gasteiger partial charge is 0.362 e. The van der Waals surface area contributed by atoms with Gasteiger partial charge in [-0.3, -0.25) is 10.2 Å². The monoisotopic (exact) mass is 288 g/mol. The molecule has 0 saturated carbocycles. The van der Waals surface area contributed by atoms with E-state index in [1.807, 2.05) is 0 Å². The second-order valence-corrected chi connectivity index (χ2v) is 3.89. The number of hydrogen-bond acceptors (Lipinski definition) is 5. The van der Waals surface area contributed by atoms with Crippen LogP contribution >= 0.6 is 23.2 Å². The van der Waals surface area contributed by atoms with E-state index in [1.54, 1.807) is 19.1 Å². The van der Waals surface area contributed by atoms with E-state index < -0.39 is 5.97 Å². The number of benzene rings is 1. The average Bonchev–Trinajstić information content (AvgIpc) is 2.34. The van der Waals surface area contributed by atoms with Gasteiger partial charge in [-0.15, -0.1) is 0 Å². The molecule has 0 aromatic heterocycles. The zero-order valence-corrected chi connectivity index (χ0v) is 11.0. The molecule has 0 aliphatic rings. The first-order chi connectivity index (χ1) is 8.58. The molecule has 0 unspecified atom stereocenters. The van der Waals surface area contributed by atoms with E-state index in [-0.39, 0.29) is 12.3 Å². The molecule has 0 fully saturated rings. The van der Waals surface area contributed by atoms with Crippen LogP contribution in [0.3, 0.4) is 0 Å². The second-order valence-electron chi connectivity index (χ2n) is 3.08. The van der Waals surface area contributed by atoms with Crippen LogP contribution in [0.15, 0.2) is 23.3 Å². The highest BCUT2D eigenvalue weighted by atomic mass is 35.5. The molecule has 0 radical (unpaired) electrons. The summed E-state index contributed by atoms with van der Waals surface area (Å²) in [4.78, 5) is 21.9. The van der Waals surface area contributed by atoms with E-state index in [0.717, 1.165) is 0 Å². The van der Waals surface area contributed by atoms with Crippen molar-refractivity contribution in [3.05, 3.63) is 28.2 Å². The third kappa shape index (κ3) is 4.01. The molecule has 0 atom stereocenters. The number of anilines is 1. The van der Waals surface area contributed by atoms with E-state index in [1.165, 1.54) is 6.07 Å². The minimum Gasteiger partial charge on any atom is -0.461 e. The molecular formula is C11H10Cl2N2O3. The van der Waals surface area contributed by atoms with E-state index >= 15 is 0 Å². The van der Waals surface area contributed by atoms with Crippen LogP contribution in [-0.4, -0.2) is 24.6 Å². The molecule has 1 N–H and O–H groups in total. The molecule has 1 aromatic carbocycles. The van der Waals surface area contributed by atoms with Crippen molar-refractivity contribution in [2.75, 3.05) is 12.0 Å². The van der Waals surface area contributed by atoms with E-state index in [9.17, 15) is 9.59 Å². The third-order valence-electron chi connectivity index (χ3n) is 1.82. The average molecular weight is 289 g/mol. The topological polar surface area (TPSA) is 67.8 Å². The van der Waals surface area contributed by atoms with Gasteiger partial charge in [0.15, 0.2) is 6.29 Å². The van der Waals surface area contributed by atoms with Gasteiger partial charge < -0.3 is 4.74 Å². The Bertz CT molecular complexity index is 489. The van der Waals surface area contributed by atoms with Gasteiger partial charge in [0.2, 0.25) is 5.71 Å². The Hall–Kier alpha value is -1.59. The maximum absolute atomic E-state index is 11.2. The van der Waals surface area contributed by atoms with Crippen molar-refractivity contribution in [3.63, 3.8) is 0 Å². The molecule has 7 heteroatoms. The molecule has 0 saturated heterocycles. The van der Waals surface area contributed by atoms with Crippen LogP contribution < -0.4 is 5.43 Å². The number of hydrogen-bond donors (Lipinski definition) is 1. The quantitative estimate of drug-likeness (QED) is 0.297. The van der Waals surface area contributed by atoms with Gasteiger partial charge in [0.1, 0.15) is 0 Å². The first-order valence-corrected chi connectivity index (χ1v) is 5.75. The largest absolute Gasteiger partial charge is 0.461 e. The summed E-state index contributed by atoms with van der Waals surface area (Å²) in [6, 6.07) is 4.68. The molecule has 0 aliphatic carbocycles. The maximum Gasteiger partial charge on any atom is 0.362 e. The highest BCUT2D eigenvalue weighted by Gasteiger charge is 2.11. The number of hydrazone groups is 1. The second kappa shape index (κ2) is 6.98. The van der Waals surface area contributed by atoms with E-state index in [2.05, 4.69) is 15.3 Å². The molecule has 0 aliphatic heterocycles. The van der Waals surface area contributed by atoms with E-state index in [0.29, 0.717) is 22.0 Å². The van der Waals surface area contributed by atoms with Crippen LogP contribution in [0.5, 0.6) is 0 Å². The van der Waals surface area contributed by atoms with E-state index in [4.69, 9.17) is 23.2 Å². The zero-order chi connectivity index (χ0) is 13.5. The van der Waals surface area contributed by atoms with Crippen molar-refractivity contribution in [2.24, 2.45) is 5.10 Å². The van der Waals surface area contributed by atoms with Crippen LogP contribution in [0.4, 0.5) is 5.69 Å². The van der Waals surface area contributed by atoms with Gasteiger partial charge in [0.25, 0.3) is 0 Å². The first kappa shape index (κ1) is 14.5. The molecule has 0 bridgehead atoms. The van der Waals surface area contributed by atoms with Crippen molar-refractivity contribution in [1.29, 1.82) is 0 Å². The van der Waals surface area contributed by atoms with Gasteiger partial charge in [-0.2, -0.15) is 5.10 Å². The number of carbonyl (C=O) groups excluding carboxylic acids is 2. The van der Waals surface area contributed by atoms with Gasteiger partial charge in [-0.05, 0) is 25.1 Å². The lowest BCUT2D eigenvalue weighted by Crippen LogP contribution is -2.20. The van der Waals surface area contributed by atoms with Crippen LogP contribution in [0.2, 0.25) is 10.0 Å². The van der Waals surface area contributed by atoms with Crippen molar-refractivity contribution < 1.29 is 14.3 Å². The zero-order valence-electron chi connectivity index (χ0n) is 9.44. The Morgan fingerprint density at radius 2 is 2.17 bits per heavy atom. The SMILES string of the molecule is CCOC(=O)/C(C=O)=N/Nc1ccc(Cl)c(Cl)c1. The van der Waals surface area contributed by atoms with Gasteiger partial charge in [0, 0.05) is 0 Å². The van der Waals surface area contributed by atoms with Gasteiger partial charge in [-0.1, -0.05) is 23.2 Å². The predicted molar refractivity (Wildman–Crippen MR) is 70.2 cm³/mol. The molecule has 1 rings (SSSR count). The lowest BCUT2D eigenvalue weighted by atomic mass is 10.3. The van der Waals surface area contributed by atoms with Crippen LogP contribution in [0.25, 0.3) is 0 Å². The number of nitrogens with one attached hydrogen (secondary N) is 1. The Morgan fingerprint density at radius 1 is 1.44 bits per heavy atom. The Morgan fingerprint density at radius 3 is 2.72 bits per heavy atom. The summed E-state index contributed by atoms with van der Waals surface area (Å²) in [5.41, 5.74) is 2.65.